The molecule has 0 radical (unpaired) electrons. The van der Waals surface area contributed by atoms with Crippen molar-refractivity contribution in [1.82, 2.24) is 9.38 Å². The maximum absolute atomic E-state index is 9.25. The van der Waals surface area contributed by atoms with E-state index in [2.05, 4.69) is 18.0 Å². The Balaban J connectivity index is 2.14. The number of phenolic OH excluding ortho intramolecular Hbond substituents is 1. The van der Waals surface area contributed by atoms with Gasteiger partial charge >= 0.3 is 0 Å². The van der Waals surface area contributed by atoms with Gasteiger partial charge in [-0.15, -0.1) is 0 Å². The van der Waals surface area contributed by atoms with E-state index in [1.807, 2.05) is 35.0 Å². The average Bonchev–Trinajstić information content (AvgIpc) is 2.72. The minimum absolute atomic E-state index is 0.272. The van der Waals surface area contributed by atoms with E-state index in [0.717, 1.165) is 16.9 Å². The van der Waals surface area contributed by atoms with Crippen LogP contribution >= 0.6 is 0 Å². The number of fused-ring (bicyclic) bond motifs is 1. The number of benzene rings is 1. The van der Waals surface area contributed by atoms with Gasteiger partial charge in [-0.2, -0.15) is 0 Å². The first-order valence-electron chi connectivity index (χ1n) is 5.47. The number of aromatic nitrogens is 2. The van der Waals surface area contributed by atoms with Crippen molar-refractivity contribution in [2.75, 3.05) is 0 Å². The summed E-state index contributed by atoms with van der Waals surface area (Å²) in [5.74, 6) is 0.272. The van der Waals surface area contributed by atoms with Gasteiger partial charge in [-0.3, -0.25) is 0 Å². The van der Waals surface area contributed by atoms with Crippen LogP contribution in [0.15, 0.2) is 48.8 Å². The van der Waals surface area contributed by atoms with Gasteiger partial charge < -0.3 is 9.51 Å². The number of nitrogens with zero attached hydrogens (tertiary/aromatic N) is 2. The minimum Gasteiger partial charge on any atom is -0.508 e. The Morgan fingerprint density at radius 3 is 2.65 bits per heavy atom. The van der Waals surface area contributed by atoms with Gasteiger partial charge in [-0.05, 0) is 48.9 Å². The molecule has 1 aromatic carbocycles. The summed E-state index contributed by atoms with van der Waals surface area (Å²) in [6.07, 6.45) is 3.99. The molecule has 2 aromatic heterocycles. The van der Waals surface area contributed by atoms with Gasteiger partial charge in [0.05, 0.1) is 5.69 Å². The van der Waals surface area contributed by atoms with Crippen LogP contribution in [0.25, 0.3) is 16.9 Å². The van der Waals surface area contributed by atoms with Gasteiger partial charge in [0.25, 0.3) is 0 Å². The van der Waals surface area contributed by atoms with E-state index < -0.39 is 0 Å². The van der Waals surface area contributed by atoms with Gasteiger partial charge in [-0.25, -0.2) is 4.98 Å². The van der Waals surface area contributed by atoms with E-state index in [1.165, 1.54) is 5.56 Å². The molecule has 0 aliphatic heterocycles. The van der Waals surface area contributed by atoms with Gasteiger partial charge in [-0.1, -0.05) is 0 Å². The highest BCUT2D eigenvalue weighted by Crippen LogP contribution is 2.21. The van der Waals surface area contributed by atoms with Gasteiger partial charge in [0.2, 0.25) is 0 Å². The first kappa shape index (κ1) is 9.90. The van der Waals surface area contributed by atoms with Gasteiger partial charge in [0, 0.05) is 18.0 Å². The van der Waals surface area contributed by atoms with Crippen LogP contribution in [0.5, 0.6) is 5.75 Å². The summed E-state index contributed by atoms with van der Waals surface area (Å²) in [7, 11) is 0. The highest BCUT2D eigenvalue weighted by molar-refractivity contribution is 5.63. The Morgan fingerprint density at radius 1 is 1.12 bits per heavy atom. The third-order valence-corrected chi connectivity index (χ3v) is 2.78. The van der Waals surface area contributed by atoms with Crippen molar-refractivity contribution in [2.45, 2.75) is 6.92 Å². The van der Waals surface area contributed by atoms with Crippen molar-refractivity contribution in [3.8, 4) is 17.0 Å². The number of rotatable bonds is 1. The SMILES string of the molecule is Cc1ccn2cc(-c3ccc(O)cc3)nc2c1. The predicted molar refractivity (Wildman–Crippen MR) is 67.0 cm³/mol. The molecule has 1 N–H and O–H groups in total. The minimum atomic E-state index is 0.272. The summed E-state index contributed by atoms with van der Waals surface area (Å²) >= 11 is 0. The molecule has 0 amide bonds. The van der Waals surface area contributed by atoms with E-state index in [4.69, 9.17) is 0 Å². The summed E-state index contributed by atoms with van der Waals surface area (Å²) in [5, 5.41) is 9.25. The first-order chi connectivity index (χ1) is 8.22. The van der Waals surface area contributed by atoms with Gasteiger partial charge in [0.15, 0.2) is 0 Å². The second-order valence-corrected chi connectivity index (χ2v) is 4.14. The molecule has 0 aliphatic rings. The molecule has 17 heavy (non-hydrogen) atoms. The van der Waals surface area contributed by atoms with Crippen LogP contribution in [0.3, 0.4) is 0 Å². The van der Waals surface area contributed by atoms with Crippen molar-refractivity contribution in [2.24, 2.45) is 0 Å². The van der Waals surface area contributed by atoms with E-state index in [1.54, 1.807) is 12.1 Å². The van der Waals surface area contributed by atoms with Crippen LogP contribution in [0.2, 0.25) is 0 Å². The summed E-state index contributed by atoms with van der Waals surface area (Å²) in [5.41, 5.74) is 4.05. The predicted octanol–water partition coefficient (Wildman–Crippen LogP) is 3.02. The van der Waals surface area contributed by atoms with E-state index in [0.29, 0.717) is 0 Å². The molecule has 0 spiro atoms. The third-order valence-electron chi connectivity index (χ3n) is 2.78. The van der Waals surface area contributed by atoms with E-state index in [-0.39, 0.29) is 5.75 Å². The van der Waals surface area contributed by atoms with Crippen molar-refractivity contribution >= 4 is 5.65 Å². The van der Waals surface area contributed by atoms with Crippen molar-refractivity contribution in [1.29, 1.82) is 0 Å². The Bertz CT molecular complexity index is 668. The lowest BCUT2D eigenvalue weighted by Crippen LogP contribution is -1.81. The number of hydrogen-bond acceptors (Lipinski definition) is 2. The number of pyridine rings is 1. The molecule has 0 atom stereocenters. The Kier molecular flexibility index (Phi) is 2.11. The summed E-state index contributed by atoms with van der Waals surface area (Å²) < 4.78 is 2.00. The zero-order valence-corrected chi connectivity index (χ0v) is 9.46. The fourth-order valence-corrected chi connectivity index (χ4v) is 1.85. The highest BCUT2D eigenvalue weighted by Gasteiger charge is 2.04. The lowest BCUT2D eigenvalue weighted by Gasteiger charge is -1.95. The van der Waals surface area contributed by atoms with Crippen molar-refractivity contribution in [3.63, 3.8) is 0 Å². The fraction of sp³-hybridized carbons (Fsp3) is 0.0714. The molecule has 0 fully saturated rings. The Labute approximate surface area is 99.0 Å². The van der Waals surface area contributed by atoms with Crippen molar-refractivity contribution in [3.05, 3.63) is 54.4 Å². The second kappa shape index (κ2) is 3.63. The molecule has 2 heterocycles. The maximum atomic E-state index is 9.25. The Morgan fingerprint density at radius 2 is 1.88 bits per heavy atom. The first-order valence-corrected chi connectivity index (χ1v) is 5.47. The largest absolute Gasteiger partial charge is 0.508 e. The van der Waals surface area contributed by atoms with Crippen LogP contribution in [0, 0.1) is 6.92 Å². The zero-order chi connectivity index (χ0) is 11.8. The number of aromatic hydroxyl groups is 1. The average molecular weight is 224 g/mol. The second-order valence-electron chi connectivity index (χ2n) is 4.14. The number of hydrogen-bond donors (Lipinski definition) is 1. The topological polar surface area (TPSA) is 37.5 Å². The molecular formula is C14H12N2O. The molecule has 0 unspecified atom stereocenters. The third kappa shape index (κ3) is 1.76. The quantitative estimate of drug-likeness (QED) is 0.690. The molecule has 3 aromatic rings. The molecule has 84 valence electrons. The molecule has 0 bridgehead atoms. The van der Waals surface area contributed by atoms with Gasteiger partial charge in [0.1, 0.15) is 11.4 Å². The van der Waals surface area contributed by atoms with E-state index in [9.17, 15) is 5.11 Å². The van der Waals surface area contributed by atoms with Crippen molar-refractivity contribution < 1.29 is 5.11 Å². The summed E-state index contributed by atoms with van der Waals surface area (Å²) in [6, 6.07) is 11.2. The lowest BCUT2D eigenvalue weighted by molar-refractivity contribution is 0.475. The van der Waals surface area contributed by atoms with Crippen LogP contribution < -0.4 is 0 Å². The number of phenols is 1. The molecule has 3 heteroatoms. The molecule has 3 rings (SSSR count). The zero-order valence-electron chi connectivity index (χ0n) is 9.46. The van der Waals surface area contributed by atoms with Crippen LogP contribution in [0.1, 0.15) is 5.56 Å². The maximum Gasteiger partial charge on any atom is 0.137 e. The van der Waals surface area contributed by atoms with Crippen LogP contribution in [-0.2, 0) is 0 Å². The molecule has 0 saturated carbocycles. The molecular weight excluding hydrogens is 212 g/mol. The highest BCUT2D eigenvalue weighted by atomic mass is 16.3. The normalized spacial score (nSPS) is 10.9. The summed E-state index contributed by atoms with van der Waals surface area (Å²) in [6.45, 7) is 2.05. The molecule has 0 aliphatic carbocycles. The molecule has 3 nitrogen and oxygen atoms in total. The number of imidazole rings is 1. The standard InChI is InChI=1S/C14H12N2O/c1-10-6-7-16-9-13(15-14(16)8-10)11-2-4-12(17)5-3-11/h2-9,17H,1H3. The summed E-state index contributed by atoms with van der Waals surface area (Å²) in [4.78, 5) is 4.55. The lowest BCUT2D eigenvalue weighted by atomic mass is 10.2. The smallest absolute Gasteiger partial charge is 0.137 e. The van der Waals surface area contributed by atoms with Crippen LogP contribution in [-0.4, -0.2) is 14.5 Å². The fourth-order valence-electron chi connectivity index (χ4n) is 1.85. The van der Waals surface area contributed by atoms with E-state index >= 15 is 0 Å². The number of aryl methyl sites for hydroxylation is 1. The molecule has 0 saturated heterocycles. The van der Waals surface area contributed by atoms with Crippen LogP contribution in [0.4, 0.5) is 0 Å². The Hall–Kier alpha value is -2.29. The monoisotopic (exact) mass is 224 g/mol.